The predicted molar refractivity (Wildman–Crippen MR) is 72.2 cm³/mol. The number of hydrogen-bond donors (Lipinski definition) is 1. The summed E-state index contributed by atoms with van der Waals surface area (Å²) in [4.78, 5) is 14.6. The minimum absolute atomic E-state index is 0.414. The van der Waals surface area contributed by atoms with Gasteiger partial charge >= 0.3 is 0 Å². The molecule has 3 nitrogen and oxygen atoms in total. The molecule has 3 rings (SSSR count). The molecule has 18 heavy (non-hydrogen) atoms. The van der Waals surface area contributed by atoms with Gasteiger partial charge in [-0.25, -0.2) is 0 Å². The molecule has 1 amide bonds. The van der Waals surface area contributed by atoms with Crippen LogP contribution in [-0.2, 0) is 4.79 Å². The summed E-state index contributed by atoms with van der Waals surface area (Å²) < 4.78 is 0. The Labute approximate surface area is 110 Å². The van der Waals surface area contributed by atoms with Gasteiger partial charge in [-0.1, -0.05) is 6.08 Å². The molecule has 0 aliphatic carbocycles. The maximum Gasteiger partial charge on any atom is 0.223 e. The monoisotopic (exact) mass is 248 g/mol. The van der Waals surface area contributed by atoms with Crippen LogP contribution >= 0.6 is 0 Å². The maximum atomic E-state index is 12.3. The predicted octanol–water partition coefficient (Wildman–Crippen LogP) is 1.94. The summed E-state index contributed by atoms with van der Waals surface area (Å²) in [6, 6.07) is 0.981. The Morgan fingerprint density at radius 2 is 2.22 bits per heavy atom. The van der Waals surface area contributed by atoms with Crippen LogP contribution < -0.4 is 5.32 Å². The van der Waals surface area contributed by atoms with E-state index in [0.717, 1.165) is 38.8 Å². The van der Waals surface area contributed by atoms with E-state index in [2.05, 4.69) is 16.8 Å². The van der Waals surface area contributed by atoms with E-state index in [9.17, 15) is 4.79 Å². The van der Waals surface area contributed by atoms with Gasteiger partial charge in [0.2, 0.25) is 5.91 Å². The van der Waals surface area contributed by atoms with Crippen molar-refractivity contribution in [2.75, 3.05) is 13.1 Å². The largest absolute Gasteiger partial charge is 0.336 e. The molecule has 0 saturated carbocycles. The summed E-state index contributed by atoms with van der Waals surface area (Å²) in [5.74, 6) is 1.78. The van der Waals surface area contributed by atoms with Crippen LogP contribution in [0.15, 0.2) is 12.7 Å². The summed E-state index contributed by atoms with van der Waals surface area (Å²) in [5.41, 5.74) is 0. The fourth-order valence-electron chi connectivity index (χ4n) is 4.30. The summed E-state index contributed by atoms with van der Waals surface area (Å²) >= 11 is 0. The van der Waals surface area contributed by atoms with Crippen molar-refractivity contribution in [2.45, 2.75) is 50.6 Å². The van der Waals surface area contributed by atoms with Crippen molar-refractivity contribution in [1.29, 1.82) is 0 Å². The molecule has 2 bridgehead atoms. The average Bonchev–Trinajstić information content (AvgIpc) is 2.40. The Morgan fingerprint density at radius 1 is 1.39 bits per heavy atom. The van der Waals surface area contributed by atoms with Gasteiger partial charge in [0.25, 0.3) is 0 Å². The van der Waals surface area contributed by atoms with Gasteiger partial charge in [-0.3, -0.25) is 4.79 Å². The van der Waals surface area contributed by atoms with Gasteiger partial charge in [-0.2, -0.15) is 0 Å². The van der Waals surface area contributed by atoms with Gasteiger partial charge in [-0.05, 0) is 57.0 Å². The minimum atomic E-state index is 0.414. The molecule has 0 aromatic carbocycles. The standard InChI is InChI=1S/C15H24N2O/c1-2-3-5-13-11-8-12(10-16-9-11)14-6-4-7-15(18)17(13)14/h2,11-14,16H,1,3-10H2. The molecule has 0 aromatic heterocycles. The van der Waals surface area contributed by atoms with Crippen LogP contribution in [0.3, 0.4) is 0 Å². The molecule has 0 aromatic rings. The number of carbonyl (C=O) groups is 1. The number of rotatable bonds is 3. The second kappa shape index (κ2) is 5.04. The first-order valence-corrected chi connectivity index (χ1v) is 7.44. The molecular formula is C15H24N2O. The number of hydrogen-bond acceptors (Lipinski definition) is 2. The number of fused-ring (bicyclic) bond motifs is 4. The van der Waals surface area contributed by atoms with Crippen molar-refractivity contribution in [2.24, 2.45) is 11.8 Å². The van der Waals surface area contributed by atoms with Crippen molar-refractivity contribution in [3.8, 4) is 0 Å². The zero-order chi connectivity index (χ0) is 12.5. The number of carbonyl (C=O) groups excluding carboxylic acids is 1. The number of amides is 1. The molecule has 4 atom stereocenters. The molecule has 3 saturated heterocycles. The number of piperidine rings is 3. The van der Waals surface area contributed by atoms with Gasteiger partial charge in [0.05, 0.1) is 0 Å². The molecule has 3 aliphatic heterocycles. The molecule has 3 heteroatoms. The average molecular weight is 248 g/mol. The number of allylic oxidation sites excluding steroid dienone is 1. The van der Waals surface area contributed by atoms with E-state index in [4.69, 9.17) is 0 Å². The maximum absolute atomic E-state index is 12.3. The van der Waals surface area contributed by atoms with Crippen LogP contribution in [0.2, 0.25) is 0 Å². The quantitative estimate of drug-likeness (QED) is 0.774. The second-order valence-electron chi connectivity index (χ2n) is 6.11. The first-order valence-electron chi connectivity index (χ1n) is 7.44. The topological polar surface area (TPSA) is 32.3 Å². The molecule has 4 unspecified atom stereocenters. The van der Waals surface area contributed by atoms with E-state index in [1.165, 1.54) is 12.8 Å². The van der Waals surface area contributed by atoms with Crippen molar-refractivity contribution < 1.29 is 4.79 Å². The highest BCUT2D eigenvalue weighted by molar-refractivity contribution is 5.78. The zero-order valence-electron chi connectivity index (χ0n) is 11.1. The third-order valence-corrected chi connectivity index (χ3v) is 5.07. The lowest BCUT2D eigenvalue weighted by Gasteiger charge is -2.55. The van der Waals surface area contributed by atoms with Crippen LogP contribution in [0, 0.1) is 11.8 Å². The van der Waals surface area contributed by atoms with E-state index < -0.39 is 0 Å². The molecule has 3 fully saturated rings. The highest BCUT2D eigenvalue weighted by Crippen LogP contribution is 2.40. The summed E-state index contributed by atoms with van der Waals surface area (Å²) in [6.07, 6.45) is 8.53. The smallest absolute Gasteiger partial charge is 0.223 e. The molecule has 0 radical (unpaired) electrons. The highest BCUT2D eigenvalue weighted by atomic mass is 16.2. The lowest BCUT2D eigenvalue weighted by Crippen LogP contribution is -2.64. The fraction of sp³-hybridized carbons (Fsp3) is 0.800. The van der Waals surface area contributed by atoms with Crippen molar-refractivity contribution in [3.63, 3.8) is 0 Å². The van der Waals surface area contributed by atoms with Crippen molar-refractivity contribution in [3.05, 3.63) is 12.7 Å². The molecular weight excluding hydrogens is 224 g/mol. The molecule has 100 valence electrons. The van der Waals surface area contributed by atoms with Crippen LogP contribution in [0.1, 0.15) is 38.5 Å². The summed E-state index contributed by atoms with van der Waals surface area (Å²) in [7, 11) is 0. The lowest BCUT2D eigenvalue weighted by molar-refractivity contribution is -0.149. The fourth-order valence-corrected chi connectivity index (χ4v) is 4.30. The first-order chi connectivity index (χ1) is 8.81. The van der Waals surface area contributed by atoms with E-state index in [0.29, 0.717) is 29.8 Å². The van der Waals surface area contributed by atoms with Crippen LogP contribution in [0.25, 0.3) is 0 Å². The minimum Gasteiger partial charge on any atom is -0.336 e. The van der Waals surface area contributed by atoms with E-state index in [-0.39, 0.29) is 0 Å². The Morgan fingerprint density at radius 3 is 3.06 bits per heavy atom. The van der Waals surface area contributed by atoms with E-state index in [1.807, 2.05) is 6.08 Å². The number of nitrogens with one attached hydrogen (secondary N) is 1. The molecule has 3 aliphatic rings. The Hall–Kier alpha value is -0.830. The first kappa shape index (κ1) is 12.2. The SMILES string of the molecule is C=CCCC1C2CNCC(C2)C2CCCC(=O)N12. The Balaban J connectivity index is 1.84. The van der Waals surface area contributed by atoms with Gasteiger partial charge in [-0.15, -0.1) is 6.58 Å². The third kappa shape index (κ3) is 1.99. The van der Waals surface area contributed by atoms with Gasteiger partial charge < -0.3 is 10.2 Å². The molecule has 1 N–H and O–H groups in total. The van der Waals surface area contributed by atoms with E-state index >= 15 is 0 Å². The van der Waals surface area contributed by atoms with Crippen LogP contribution in [0.5, 0.6) is 0 Å². The molecule has 0 spiro atoms. The lowest BCUT2D eigenvalue weighted by atomic mass is 9.71. The zero-order valence-corrected chi connectivity index (χ0v) is 11.1. The highest BCUT2D eigenvalue weighted by Gasteiger charge is 2.47. The Kier molecular flexibility index (Phi) is 3.42. The summed E-state index contributed by atoms with van der Waals surface area (Å²) in [5, 5.41) is 3.58. The normalized spacial score (nSPS) is 39.3. The van der Waals surface area contributed by atoms with E-state index in [1.54, 1.807) is 0 Å². The van der Waals surface area contributed by atoms with Crippen LogP contribution in [-0.4, -0.2) is 36.0 Å². The van der Waals surface area contributed by atoms with Crippen molar-refractivity contribution >= 4 is 5.91 Å². The number of nitrogens with zero attached hydrogens (tertiary/aromatic N) is 1. The Bertz CT molecular complexity index is 341. The second-order valence-corrected chi connectivity index (χ2v) is 6.11. The third-order valence-electron chi connectivity index (χ3n) is 5.07. The summed E-state index contributed by atoms with van der Waals surface area (Å²) in [6.45, 7) is 6.03. The van der Waals surface area contributed by atoms with Crippen molar-refractivity contribution in [1.82, 2.24) is 10.2 Å². The van der Waals surface area contributed by atoms with Crippen LogP contribution in [0.4, 0.5) is 0 Å². The van der Waals surface area contributed by atoms with Gasteiger partial charge in [0.1, 0.15) is 0 Å². The van der Waals surface area contributed by atoms with Gasteiger partial charge in [0.15, 0.2) is 0 Å². The molecule has 3 heterocycles. The van der Waals surface area contributed by atoms with Gasteiger partial charge in [0, 0.05) is 18.5 Å².